The van der Waals surface area contributed by atoms with Crippen molar-refractivity contribution in [3.05, 3.63) is 76.1 Å². The number of carbonyl (C=O) groups excluding carboxylic acids is 2. The summed E-state index contributed by atoms with van der Waals surface area (Å²) in [5.41, 5.74) is 2.26. The molecule has 0 spiro atoms. The number of halogens is 1. The maximum absolute atomic E-state index is 14.9. The Labute approximate surface area is 186 Å². The highest BCUT2D eigenvalue weighted by Crippen LogP contribution is 2.40. The van der Waals surface area contributed by atoms with E-state index in [9.17, 15) is 19.1 Å². The summed E-state index contributed by atoms with van der Waals surface area (Å²) in [6, 6.07) is 10.6. The Bertz CT molecular complexity index is 1080. The van der Waals surface area contributed by atoms with Gasteiger partial charge < -0.3 is 14.7 Å². The third kappa shape index (κ3) is 4.18. The summed E-state index contributed by atoms with van der Waals surface area (Å²) < 4.78 is 20.2. The number of Topliss-reactive ketones (excluding diaryl/α,β-unsaturated/α-hetero) is 1. The standard InChI is InChI=1S/C25H27FN2O4/c1-16-7-8-17(2)19(15-16)23(29)21-22(18-5-3-4-6-20(18)26)28(25(31)24(21)30)10-9-27-11-13-32-14-12-27/h3-8,15,22,29H,9-14H2,1-2H3/b23-21-. The SMILES string of the molecule is Cc1ccc(C)c(/C(O)=C2/C(=O)C(=O)N(CCN3CCOCC3)C2c2ccccc2F)c1. The minimum Gasteiger partial charge on any atom is -0.507 e. The van der Waals surface area contributed by atoms with E-state index in [1.54, 1.807) is 24.3 Å². The fraction of sp³-hybridized carbons (Fsp3) is 0.360. The van der Waals surface area contributed by atoms with Crippen molar-refractivity contribution in [2.24, 2.45) is 0 Å². The summed E-state index contributed by atoms with van der Waals surface area (Å²) in [5.74, 6) is -2.31. The van der Waals surface area contributed by atoms with Crippen LogP contribution in [-0.4, -0.2) is 66.0 Å². The normalized spacial score (nSPS) is 21.3. The van der Waals surface area contributed by atoms with Crippen LogP contribution in [0.15, 0.2) is 48.0 Å². The zero-order chi connectivity index (χ0) is 22.8. The van der Waals surface area contributed by atoms with Gasteiger partial charge in [0.1, 0.15) is 11.6 Å². The van der Waals surface area contributed by atoms with Gasteiger partial charge in [0.05, 0.1) is 24.8 Å². The number of carbonyl (C=O) groups is 2. The van der Waals surface area contributed by atoms with E-state index in [2.05, 4.69) is 4.90 Å². The molecule has 0 saturated carbocycles. The summed E-state index contributed by atoms with van der Waals surface area (Å²) >= 11 is 0. The molecule has 1 atom stereocenters. The first-order chi connectivity index (χ1) is 15.4. The molecule has 7 heteroatoms. The highest BCUT2D eigenvalue weighted by atomic mass is 19.1. The maximum Gasteiger partial charge on any atom is 0.295 e. The number of benzene rings is 2. The number of ketones is 1. The molecule has 168 valence electrons. The molecule has 0 aliphatic carbocycles. The van der Waals surface area contributed by atoms with Crippen molar-refractivity contribution in [3.8, 4) is 0 Å². The summed E-state index contributed by atoms with van der Waals surface area (Å²) in [5, 5.41) is 11.2. The Morgan fingerprint density at radius 1 is 1.09 bits per heavy atom. The fourth-order valence-electron chi connectivity index (χ4n) is 4.34. The Balaban J connectivity index is 1.79. The number of aliphatic hydroxyl groups excluding tert-OH is 1. The number of hydrogen-bond acceptors (Lipinski definition) is 5. The van der Waals surface area contributed by atoms with Gasteiger partial charge in [0.15, 0.2) is 0 Å². The third-order valence-corrected chi connectivity index (χ3v) is 6.15. The highest BCUT2D eigenvalue weighted by Gasteiger charge is 2.47. The summed E-state index contributed by atoms with van der Waals surface area (Å²) in [6.07, 6.45) is 0. The molecule has 2 aliphatic heterocycles. The van der Waals surface area contributed by atoms with Crippen molar-refractivity contribution in [1.29, 1.82) is 0 Å². The van der Waals surface area contributed by atoms with Gasteiger partial charge in [-0.25, -0.2) is 4.39 Å². The second kappa shape index (κ2) is 9.22. The van der Waals surface area contributed by atoms with Crippen molar-refractivity contribution in [1.82, 2.24) is 9.80 Å². The lowest BCUT2D eigenvalue weighted by molar-refractivity contribution is -0.140. The van der Waals surface area contributed by atoms with Crippen LogP contribution in [0.2, 0.25) is 0 Å². The van der Waals surface area contributed by atoms with Crippen LogP contribution in [0.4, 0.5) is 4.39 Å². The van der Waals surface area contributed by atoms with Gasteiger partial charge >= 0.3 is 0 Å². The van der Waals surface area contributed by atoms with Gasteiger partial charge in [0.25, 0.3) is 11.7 Å². The van der Waals surface area contributed by atoms with Gasteiger partial charge in [0, 0.05) is 37.3 Å². The first-order valence-corrected chi connectivity index (χ1v) is 10.8. The third-order valence-electron chi connectivity index (χ3n) is 6.15. The van der Waals surface area contributed by atoms with E-state index in [1.165, 1.54) is 11.0 Å². The minimum absolute atomic E-state index is 0.0734. The molecule has 32 heavy (non-hydrogen) atoms. The lowest BCUT2D eigenvalue weighted by Gasteiger charge is -2.31. The quantitative estimate of drug-likeness (QED) is 0.441. The van der Waals surface area contributed by atoms with Gasteiger partial charge in [-0.05, 0) is 31.5 Å². The zero-order valence-electron chi connectivity index (χ0n) is 18.3. The van der Waals surface area contributed by atoms with Crippen LogP contribution >= 0.6 is 0 Å². The number of rotatable bonds is 5. The molecule has 2 heterocycles. The molecule has 2 aromatic carbocycles. The van der Waals surface area contributed by atoms with E-state index in [4.69, 9.17) is 4.74 Å². The number of likely N-dealkylation sites (tertiary alicyclic amines) is 1. The smallest absolute Gasteiger partial charge is 0.295 e. The monoisotopic (exact) mass is 438 g/mol. The van der Waals surface area contributed by atoms with Crippen molar-refractivity contribution < 1.29 is 23.8 Å². The zero-order valence-corrected chi connectivity index (χ0v) is 18.3. The Kier molecular flexibility index (Phi) is 6.39. The average molecular weight is 438 g/mol. The summed E-state index contributed by atoms with van der Waals surface area (Å²) in [4.78, 5) is 29.7. The molecule has 2 fully saturated rings. The van der Waals surface area contributed by atoms with Crippen LogP contribution in [0.1, 0.15) is 28.3 Å². The Morgan fingerprint density at radius 2 is 1.81 bits per heavy atom. The molecule has 0 bridgehead atoms. The molecule has 2 aliphatic rings. The van der Waals surface area contributed by atoms with E-state index in [-0.39, 0.29) is 23.4 Å². The van der Waals surface area contributed by atoms with E-state index in [0.29, 0.717) is 25.3 Å². The summed E-state index contributed by atoms with van der Waals surface area (Å²) in [6.45, 7) is 7.17. The predicted octanol–water partition coefficient (Wildman–Crippen LogP) is 3.20. The number of nitrogens with zero attached hydrogens (tertiary/aromatic N) is 2. The van der Waals surface area contributed by atoms with Crippen molar-refractivity contribution in [2.75, 3.05) is 39.4 Å². The second-order valence-corrected chi connectivity index (χ2v) is 8.29. The largest absolute Gasteiger partial charge is 0.507 e. The van der Waals surface area contributed by atoms with E-state index < -0.39 is 23.5 Å². The molecule has 0 aromatic heterocycles. The topological polar surface area (TPSA) is 70.1 Å². The maximum atomic E-state index is 14.9. The first-order valence-electron chi connectivity index (χ1n) is 10.8. The number of morpholine rings is 1. The number of ether oxygens (including phenoxy) is 1. The molecule has 1 N–H and O–H groups in total. The molecule has 4 rings (SSSR count). The Hall–Kier alpha value is -3.03. The van der Waals surface area contributed by atoms with Crippen LogP contribution < -0.4 is 0 Å². The molecule has 0 radical (unpaired) electrons. The van der Waals surface area contributed by atoms with Crippen LogP contribution in [-0.2, 0) is 14.3 Å². The number of aryl methyl sites for hydroxylation is 2. The van der Waals surface area contributed by atoms with E-state index in [1.807, 2.05) is 26.0 Å². The van der Waals surface area contributed by atoms with Crippen LogP contribution in [0.25, 0.3) is 5.76 Å². The Morgan fingerprint density at radius 3 is 2.53 bits per heavy atom. The van der Waals surface area contributed by atoms with Gasteiger partial charge in [-0.2, -0.15) is 0 Å². The fourth-order valence-corrected chi connectivity index (χ4v) is 4.34. The van der Waals surface area contributed by atoms with Crippen LogP contribution in [0, 0.1) is 19.7 Å². The molecular weight excluding hydrogens is 411 g/mol. The van der Waals surface area contributed by atoms with Crippen molar-refractivity contribution in [3.63, 3.8) is 0 Å². The predicted molar refractivity (Wildman–Crippen MR) is 119 cm³/mol. The molecule has 1 amide bonds. The lowest BCUT2D eigenvalue weighted by atomic mass is 9.93. The average Bonchev–Trinajstić information content (AvgIpc) is 3.04. The minimum atomic E-state index is -0.989. The van der Waals surface area contributed by atoms with Crippen LogP contribution in [0.5, 0.6) is 0 Å². The molecular formula is C25H27FN2O4. The van der Waals surface area contributed by atoms with Gasteiger partial charge in [-0.1, -0.05) is 35.9 Å². The summed E-state index contributed by atoms with van der Waals surface area (Å²) in [7, 11) is 0. The van der Waals surface area contributed by atoms with Gasteiger partial charge in [0.2, 0.25) is 0 Å². The number of amides is 1. The second-order valence-electron chi connectivity index (χ2n) is 8.29. The van der Waals surface area contributed by atoms with Crippen molar-refractivity contribution >= 4 is 17.4 Å². The molecule has 2 aromatic rings. The lowest BCUT2D eigenvalue weighted by Crippen LogP contribution is -2.42. The molecule has 2 saturated heterocycles. The van der Waals surface area contributed by atoms with Gasteiger partial charge in [-0.3, -0.25) is 14.5 Å². The van der Waals surface area contributed by atoms with E-state index >= 15 is 0 Å². The number of aliphatic hydroxyl groups is 1. The first kappa shape index (κ1) is 22.2. The number of hydrogen-bond donors (Lipinski definition) is 1. The van der Waals surface area contributed by atoms with Gasteiger partial charge in [-0.15, -0.1) is 0 Å². The molecule has 1 unspecified atom stereocenters. The van der Waals surface area contributed by atoms with E-state index in [0.717, 1.165) is 24.2 Å². The van der Waals surface area contributed by atoms with Crippen molar-refractivity contribution in [2.45, 2.75) is 19.9 Å². The molecule has 6 nitrogen and oxygen atoms in total. The van der Waals surface area contributed by atoms with Crippen LogP contribution in [0.3, 0.4) is 0 Å². The highest BCUT2D eigenvalue weighted by molar-refractivity contribution is 6.46.